The maximum Gasteiger partial charge on any atom is 0.376 e. The van der Waals surface area contributed by atoms with Gasteiger partial charge in [0.25, 0.3) is 0 Å². The maximum atomic E-state index is 12.7. The molecule has 1 aliphatic rings. The van der Waals surface area contributed by atoms with Crippen LogP contribution in [-0.2, 0) is 0 Å². The Morgan fingerprint density at radius 3 is 2.48 bits per heavy atom. The first kappa shape index (κ1) is 18.7. The zero-order chi connectivity index (χ0) is 20.4. The van der Waals surface area contributed by atoms with Gasteiger partial charge in [0.1, 0.15) is 11.4 Å². The third-order valence-electron chi connectivity index (χ3n) is 4.96. The van der Waals surface area contributed by atoms with Crippen LogP contribution < -0.4 is 20.1 Å². The first-order valence-corrected chi connectivity index (χ1v) is 9.47. The van der Waals surface area contributed by atoms with Gasteiger partial charge in [-0.25, -0.2) is 4.98 Å². The van der Waals surface area contributed by atoms with Crippen LogP contribution in [0.25, 0.3) is 5.65 Å². The SMILES string of the molecule is CCOc1ccccc1N1CCN(c2nc3ccccn3c(=O)c2[N+](=O)[O-])CC1. The standard InChI is InChI=1S/C20H21N5O4/c1-2-29-16-8-4-3-7-15(16)22-11-13-23(14-12-22)19-18(25(27)28)20(26)24-10-6-5-9-17(24)21-19/h3-10H,2,11-14H2,1H3. The summed E-state index contributed by atoms with van der Waals surface area (Å²) in [7, 11) is 0. The van der Waals surface area contributed by atoms with Gasteiger partial charge < -0.3 is 14.5 Å². The minimum absolute atomic E-state index is 0.129. The molecule has 0 bridgehead atoms. The molecule has 0 unspecified atom stereocenters. The highest BCUT2D eigenvalue weighted by Crippen LogP contribution is 2.30. The smallest absolute Gasteiger partial charge is 0.376 e. The highest BCUT2D eigenvalue weighted by Gasteiger charge is 2.30. The molecule has 1 aliphatic heterocycles. The normalized spacial score (nSPS) is 14.2. The van der Waals surface area contributed by atoms with E-state index in [1.807, 2.05) is 36.1 Å². The van der Waals surface area contributed by atoms with E-state index in [2.05, 4.69) is 9.88 Å². The van der Waals surface area contributed by atoms with Gasteiger partial charge in [-0.3, -0.25) is 19.3 Å². The molecular formula is C20H21N5O4. The van der Waals surface area contributed by atoms with Crippen molar-refractivity contribution in [3.05, 3.63) is 69.1 Å². The van der Waals surface area contributed by atoms with Crippen LogP contribution >= 0.6 is 0 Å². The van der Waals surface area contributed by atoms with Crippen molar-refractivity contribution in [2.75, 3.05) is 42.6 Å². The molecule has 29 heavy (non-hydrogen) atoms. The van der Waals surface area contributed by atoms with Crippen molar-refractivity contribution in [3.8, 4) is 5.75 Å². The molecule has 3 heterocycles. The van der Waals surface area contributed by atoms with E-state index >= 15 is 0 Å². The van der Waals surface area contributed by atoms with Gasteiger partial charge >= 0.3 is 11.2 Å². The lowest BCUT2D eigenvalue weighted by Crippen LogP contribution is -2.47. The number of nitro groups is 1. The highest BCUT2D eigenvalue weighted by atomic mass is 16.6. The fourth-order valence-corrected chi connectivity index (χ4v) is 3.60. The van der Waals surface area contributed by atoms with Gasteiger partial charge in [-0.05, 0) is 31.2 Å². The van der Waals surface area contributed by atoms with E-state index in [0.29, 0.717) is 38.4 Å². The third-order valence-corrected chi connectivity index (χ3v) is 4.96. The fourth-order valence-electron chi connectivity index (χ4n) is 3.60. The molecule has 9 nitrogen and oxygen atoms in total. The number of benzene rings is 1. The summed E-state index contributed by atoms with van der Waals surface area (Å²) in [6.45, 7) is 4.81. The first-order chi connectivity index (χ1) is 14.1. The summed E-state index contributed by atoms with van der Waals surface area (Å²) < 4.78 is 6.92. The van der Waals surface area contributed by atoms with Crippen molar-refractivity contribution < 1.29 is 9.66 Å². The Kier molecular flexibility index (Phi) is 5.03. The number of fused-ring (bicyclic) bond motifs is 1. The molecule has 0 aliphatic carbocycles. The number of anilines is 2. The second-order valence-electron chi connectivity index (χ2n) is 6.65. The van der Waals surface area contributed by atoms with E-state index < -0.39 is 16.2 Å². The minimum Gasteiger partial charge on any atom is -0.492 e. The van der Waals surface area contributed by atoms with Crippen LogP contribution in [0.1, 0.15) is 6.92 Å². The Balaban J connectivity index is 1.64. The molecule has 0 spiro atoms. The van der Waals surface area contributed by atoms with E-state index in [1.54, 1.807) is 18.2 Å². The van der Waals surface area contributed by atoms with Crippen molar-refractivity contribution in [3.63, 3.8) is 0 Å². The molecule has 0 amide bonds. The lowest BCUT2D eigenvalue weighted by Gasteiger charge is -2.37. The average molecular weight is 395 g/mol. The summed E-state index contributed by atoms with van der Waals surface area (Å²) in [5, 5.41) is 11.6. The van der Waals surface area contributed by atoms with Crippen molar-refractivity contribution in [1.82, 2.24) is 9.38 Å². The van der Waals surface area contributed by atoms with Crippen molar-refractivity contribution in [1.29, 1.82) is 0 Å². The van der Waals surface area contributed by atoms with Gasteiger partial charge in [0.05, 0.1) is 17.2 Å². The molecule has 1 saturated heterocycles. The number of nitrogens with zero attached hydrogens (tertiary/aromatic N) is 5. The number of hydrogen-bond donors (Lipinski definition) is 0. The number of ether oxygens (including phenoxy) is 1. The summed E-state index contributed by atoms with van der Waals surface area (Å²) in [6.07, 6.45) is 1.49. The van der Waals surface area contributed by atoms with Crippen LogP contribution in [0.5, 0.6) is 5.75 Å². The third kappa shape index (κ3) is 3.46. The number of pyridine rings is 1. The predicted octanol–water partition coefficient (Wildman–Crippen LogP) is 2.33. The van der Waals surface area contributed by atoms with Gasteiger partial charge in [-0.1, -0.05) is 18.2 Å². The van der Waals surface area contributed by atoms with E-state index in [9.17, 15) is 14.9 Å². The van der Waals surface area contributed by atoms with Crippen LogP contribution in [0.4, 0.5) is 17.2 Å². The summed E-state index contributed by atoms with van der Waals surface area (Å²) in [6, 6.07) is 12.9. The van der Waals surface area contributed by atoms with Gasteiger partial charge in [0.15, 0.2) is 0 Å². The first-order valence-electron chi connectivity index (χ1n) is 9.47. The molecule has 1 fully saturated rings. The predicted molar refractivity (Wildman–Crippen MR) is 110 cm³/mol. The summed E-state index contributed by atoms with van der Waals surface area (Å²) in [5.41, 5.74) is 0.230. The molecule has 0 saturated carbocycles. The van der Waals surface area contributed by atoms with Crippen molar-refractivity contribution in [2.24, 2.45) is 0 Å². The van der Waals surface area contributed by atoms with Crippen LogP contribution in [0.2, 0.25) is 0 Å². The molecule has 4 rings (SSSR count). The zero-order valence-electron chi connectivity index (χ0n) is 16.0. The van der Waals surface area contributed by atoms with Crippen LogP contribution in [-0.4, -0.2) is 47.1 Å². The lowest BCUT2D eigenvalue weighted by atomic mass is 10.2. The molecule has 150 valence electrons. The Morgan fingerprint density at radius 1 is 1.07 bits per heavy atom. The number of para-hydroxylation sites is 2. The zero-order valence-corrected chi connectivity index (χ0v) is 16.0. The van der Waals surface area contributed by atoms with Crippen LogP contribution in [0.15, 0.2) is 53.5 Å². The second kappa shape index (κ2) is 7.78. The van der Waals surface area contributed by atoms with Gasteiger partial charge in [0, 0.05) is 32.4 Å². The van der Waals surface area contributed by atoms with Gasteiger partial charge in [-0.15, -0.1) is 0 Å². The highest BCUT2D eigenvalue weighted by molar-refractivity contribution is 5.64. The lowest BCUT2D eigenvalue weighted by molar-refractivity contribution is -0.385. The van der Waals surface area contributed by atoms with Crippen LogP contribution in [0.3, 0.4) is 0 Å². The van der Waals surface area contributed by atoms with Crippen molar-refractivity contribution >= 4 is 22.8 Å². The van der Waals surface area contributed by atoms with Gasteiger partial charge in [-0.2, -0.15) is 0 Å². The molecule has 3 aromatic rings. The molecule has 0 N–H and O–H groups in total. The minimum atomic E-state index is -0.667. The molecule has 2 aromatic heterocycles. The number of aromatic nitrogens is 2. The van der Waals surface area contributed by atoms with E-state index in [1.165, 1.54) is 10.6 Å². The number of piperazine rings is 1. The number of hydrogen-bond acceptors (Lipinski definition) is 7. The second-order valence-corrected chi connectivity index (χ2v) is 6.65. The molecule has 9 heteroatoms. The Bertz CT molecular complexity index is 1110. The summed E-state index contributed by atoms with van der Waals surface area (Å²) >= 11 is 0. The molecule has 0 radical (unpaired) electrons. The van der Waals surface area contributed by atoms with E-state index in [0.717, 1.165) is 11.4 Å². The molecule has 1 aromatic carbocycles. The number of rotatable bonds is 5. The topological polar surface area (TPSA) is 93.2 Å². The Labute approximate surface area is 166 Å². The van der Waals surface area contributed by atoms with E-state index in [4.69, 9.17) is 4.74 Å². The van der Waals surface area contributed by atoms with Gasteiger partial charge in [0.2, 0.25) is 5.82 Å². The fraction of sp³-hybridized carbons (Fsp3) is 0.300. The molecule has 0 atom stereocenters. The summed E-state index contributed by atoms with van der Waals surface area (Å²) in [5.74, 6) is 0.945. The largest absolute Gasteiger partial charge is 0.492 e. The summed E-state index contributed by atoms with van der Waals surface area (Å²) in [4.78, 5) is 32.1. The van der Waals surface area contributed by atoms with Crippen LogP contribution in [0, 0.1) is 10.1 Å². The Hall–Kier alpha value is -3.62. The van der Waals surface area contributed by atoms with Crippen molar-refractivity contribution in [2.45, 2.75) is 6.92 Å². The Morgan fingerprint density at radius 2 is 1.76 bits per heavy atom. The molecular weight excluding hydrogens is 374 g/mol. The average Bonchev–Trinajstić information content (AvgIpc) is 2.74. The quantitative estimate of drug-likeness (QED) is 0.483. The monoisotopic (exact) mass is 395 g/mol. The van der Waals surface area contributed by atoms with E-state index in [-0.39, 0.29) is 5.82 Å². The maximum absolute atomic E-state index is 12.7.